The Morgan fingerprint density at radius 1 is 1.14 bits per heavy atom. The molecule has 0 amide bonds. The Balaban J connectivity index is 2.62. The van der Waals surface area contributed by atoms with Gasteiger partial charge in [-0.3, -0.25) is 0 Å². The summed E-state index contributed by atoms with van der Waals surface area (Å²) in [5.74, 6) is -1.46. The molecule has 0 spiro atoms. The molecule has 1 aromatic carbocycles. The number of halogens is 3. The molecule has 1 fully saturated rings. The number of benzene rings is 1. The first kappa shape index (κ1) is 16.8. The van der Waals surface area contributed by atoms with Crippen LogP contribution in [0, 0.1) is 0 Å². The van der Waals surface area contributed by atoms with Crippen molar-refractivity contribution in [3.63, 3.8) is 0 Å². The molecule has 2 rings (SSSR count). The predicted molar refractivity (Wildman–Crippen MR) is 74.1 cm³/mol. The van der Waals surface area contributed by atoms with Gasteiger partial charge in [-0.2, -0.15) is 13.2 Å². The number of hydrogen-bond acceptors (Lipinski definition) is 3. The molecule has 1 aliphatic rings. The monoisotopic (exact) mass is 316 g/mol. The second-order valence-electron chi connectivity index (χ2n) is 6.16. The lowest BCUT2D eigenvalue weighted by atomic mass is 9.72. The first-order valence-corrected chi connectivity index (χ1v) is 6.66. The van der Waals surface area contributed by atoms with Gasteiger partial charge < -0.3 is 14.4 Å². The molecule has 0 radical (unpaired) electrons. The number of carboxylic acids is 1. The van der Waals surface area contributed by atoms with Crippen LogP contribution in [0.3, 0.4) is 0 Å². The quantitative estimate of drug-likeness (QED) is 0.853. The van der Waals surface area contributed by atoms with Gasteiger partial charge >= 0.3 is 19.3 Å². The summed E-state index contributed by atoms with van der Waals surface area (Å²) in [6, 6.07) is 2.99. The summed E-state index contributed by atoms with van der Waals surface area (Å²) in [7, 11) is -1.39. The van der Waals surface area contributed by atoms with Gasteiger partial charge in [0.25, 0.3) is 0 Å². The van der Waals surface area contributed by atoms with Crippen molar-refractivity contribution >= 4 is 18.6 Å². The average Bonchev–Trinajstić information content (AvgIpc) is 2.56. The standard InChI is InChI=1S/C14H16BF3O4/c1-12(2)13(3,4)22-15(21-12)10-8(11(19)20)6-5-7-9(10)14(16,17)18/h5-7H,1-4H3,(H,19,20). The van der Waals surface area contributed by atoms with E-state index in [0.717, 1.165) is 18.2 Å². The topological polar surface area (TPSA) is 55.8 Å². The van der Waals surface area contributed by atoms with E-state index in [1.165, 1.54) is 0 Å². The van der Waals surface area contributed by atoms with E-state index in [9.17, 15) is 23.1 Å². The molecule has 1 heterocycles. The van der Waals surface area contributed by atoms with Crippen LogP contribution in [-0.4, -0.2) is 29.4 Å². The normalized spacial score (nSPS) is 20.2. The van der Waals surface area contributed by atoms with E-state index in [0.29, 0.717) is 0 Å². The third kappa shape index (κ3) is 2.72. The Morgan fingerprint density at radius 3 is 2.05 bits per heavy atom. The van der Waals surface area contributed by atoms with Crippen molar-refractivity contribution in [2.45, 2.75) is 45.1 Å². The molecule has 8 heteroatoms. The smallest absolute Gasteiger partial charge is 0.478 e. The largest absolute Gasteiger partial charge is 0.496 e. The van der Waals surface area contributed by atoms with Gasteiger partial charge in [0.15, 0.2) is 0 Å². The van der Waals surface area contributed by atoms with Gasteiger partial charge in [-0.15, -0.1) is 0 Å². The molecule has 1 aliphatic heterocycles. The van der Waals surface area contributed by atoms with Crippen molar-refractivity contribution in [1.82, 2.24) is 0 Å². The third-order valence-corrected chi connectivity index (χ3v) is 4.13. The van der Waals surface area contributed by atoms with E-state index in [-0.39, 0.29) is 0 Å². The fourth-order valence-electron chi connectivity index (χ4n) is 2.21. The molecular weight excluding hydrogens is 300 g/mol. The summed E-state index contributed by atoms with van der Waals surface area (Å²) in [5.41, 5.74) is -3.78. The molecular formula is C14H16BF3O4. The number of carbonyl (C=O) groups is 1. The number of aromatic carboxylic acids is 1. The SMILES string of the molecule is CC1(C)OB(c2c(C(=O)O)cccc2C(F)(F)F)OC1(C)C. The zero-order valence-electron chi connectivity index (χ0n) is 12.6. The van der Waals surface area contributed by atoms with Crippen molar-refractivity contribution in [1.29, 1.82) is 0 Å². The van der Waals surface area contributed by atoms with Crippen molar-refractivity contribution in [3.05, 3.63) is 29.3 Å². The van der Waals surface area contributed by atoms with Crippen LogP contribution in [0.1, 0.15) is 43.6 Å². The summed E-state index contributed by atoms with van der Waals surface area (Å²) < 4.78 is 50.9. The van der Waals surface area contributed by atoms with Crippen LogP contribution in [0.5, 0.6) is 0 Å². The molecule has 0 aromatic heterocycles. The Kier molecular flexibility index (Phi) is 3.82. The molecule has 1 saturated heterocycles. The minimum atomic E-state index is -4.70. The van der Waals surface area contributed by atoms with Gasteiger partial charge in [0.05, 0.1) is 22.3 Å². The average molecular weight is 316 g/mol. The summed E-state index contributed by atoms with van der Waals surface area (Å²) >= 11 is 0. The van der Waals surface area contributed by atoms with E-state index < -0.39 is 47.1 Å². The molecule has 120 valence electrons. The van der Waals surface area contributed by atoms with E-state index in [1.807, 2.05) is 0 Å². The first-order valence-electron chi connectivity index (χ1n) is 6.66. The minimum absolute atomic E-state index is 0.478. The van der Waals surface area contributed by atoms with Crippen LogP contribution in [0.4, 0.5) is 13.2 Å². The zero-order chi connectivity index (χ0) is 16.9. The van der Waals surface area contributed by atoms with E-state index in [1.54, 1.807) is 27.7 Å². The van der Waals surface area contributed by atoms with Crippen LogP contribution in [0.2, 0.25) is 0 Å². The fraction of sp³-hybridized carbons (Fsp3) is 0.500. The highest BCUT2D eigenvalue weighted by molar-refractivity contribution is 6.64. The highest BCUT2D eigenvalue weighted by Crippen LogP contribution is 2.38. The Labute approximate surface area is 126 Å². The number of carboxylic acid groups (broad SMARTS) is 1. The summed E-state index contributed by atoms with van der Waals surface area (Å²) in [4.78, 5) is 11.3. The molecule has 22 heavy (non-hydrogen) atoms. The lowest BCUT2D eigenvalue weighted by Gasteiger charge is -2.32. The molecule has 0 atom stereocenters. The number of hydrogen-bond donors (Lipinski definition) is 1. The molecule has 1 N–H and O–H groups in total. The molecule has 0 bridgehead atoms. The van der Waals surface area contributed by atoms with E-state index in [4.69, 9.17) is 9.31 Å². The fourth-order valence-corrected chi connectivity index (χ4v) is 2.21. The molecule has 4 nitrogen and oxygen atoms in total. The van der Waals surface area contributed by atoms with Gasteiger partial charge in [0.2, 0.25) is 0 Å². The number of alkyl halides is 3. The van der Waals surface area contributed by atoms with Gasteiger partial charge in [0.1, 0.15) is 0 Å². The third-order valence-electron chi connectivity index (χ3n) is 4.13. The summed E-state index contributed by atoms with van der Waals surface area (Å²) in [6.45, 7) is 6.74. The molecule has 1 aromatic rings. The minimum Gasteiger partial charge on any atom is -0.478 e. The lowest BCUT2D eigenvalue weighted by molar-refractivity contribution is -0.136. The van der Waals surface area contributed by atoms with Crippen LogP contribution in [-0.2, 0) is 15.5 Å². The van der Waals surface area contributed by atoms with Crippen molar-refractivity contribution in [3.8, 4) is 0 Å². The summed E-state index contributed by atoms with van der Waals surface area (Å²) in [5, 5.41) is 9.20. The molecule has 0 saturated carbocycles. The molecule has 0 unspecified atom stereocenters. The van der Waals surface area contributed by atoms with Gasteiger partial charge in [-0.25, -0.2) is 4.79 Å². The van der Waals surface area contributed by atoms with E-state index in [2.05, 4.69) is 0 Å². The van der Waals surface area contributed by atoms with Crippen LogP contribution < -0.4 is 5.46 Å². The Morgan fingerprint density at radius 2 is 1.64 bits per heavy atom. The van der Waals surface area contributed by atoms with Gasteiger partial charge in [0, 0.05) is 5.46 Å². The Bertz CT molecular complexity index is 595. The first-order chi connectivity index (χ1) is 9.87. The van der Waals surface area contributed by atoms with Crippen LogP contribution >= 0.6 is 0 Å². The highest BCUT2D eigenvalue weighted by atomic mass is 19.4. The maximum absolute atomic E-state index is 13.2. The number of rotatable bonds is 2. The maximum atomic E-state index is 13.2. The van der Waals surface area contributed by atoms with Gasteiger partial charge in [-0.1, -0.05) is 12.1 Å². The van der Waals surface area contributed by atoms with Crippen molar-refractivity contribution in [2.75, 3.05) is 0 Å². The zero-order valence-corrected chi connectivity index (χ0v) is 12.6. The van der Waals surface area contributed by atoms with E-state index >= 15 is 0 Å². The van der Waals surface area contributed by atoms with Crippen molar-refractivity contribution < 1.29 is 32.4 Å². The second kappa shape index (κ2) is 4.99. The van der Waals surface area contributed by atoms with Crippen LogP contribution in [0.25, 0.3) is 0 Å². The lowest BCUT2D eigenvalue weighted by Crippen LogP contribution is -2.42. The second-order valence-corrected chi connectivity index (χ2v) is 6.16. The Hall–Kier alpha value is -1.54. The molecule has 0 aliphatic carbocycles. The summed E-state index contributed by atoms with van der Waals surface area (Å²) in [6.07, 6.45) is -4.70. The van der Waals surface area contributed by atoms with Gasteiger partial charge in [-0.05, 0) is 33.8 Å². The highest BCUT2D eigenvalue weighted by Gasteiger charge is 2.54. The maximum Gasteiger partial charge on any atom is 0.496 e. The van der Waals surface area contributed by atoms with Crippen molar-refractivity contribution in [2.24, 2.45) is 0 Å². The predicted octanol–water partition coefficient (Wildman–Crippen LogP) is 2.70. The van der Waals surface area contributed by atoms with Crippen LogP contribution in [0.15, 0.2) is 18.2 Å².